The summed E-state index contributed by atoms with van der Waals surface area (Å²) in [6, 6.07) is 9.86. The molecule has 6 heteroatoms. The minimum atomic E-state index is -0.279. The quantitative estimate of drug-likeness (QED) is 0.582. The molecule has 1 heterocycles. The van der Waals surface area contributed by atoms with Gasteiger partial charge in [-0.15, -0.1) is 0 Å². The lowest BCUT2D eigenvalue weighted by molar-refractivity contribution is -0.126. The van der Waals surface area contributed by atoms with Gasteiger partial charge in [0.15, 0.2) is 0 Å². The van der Waals surface area contributed by atoms with Crippen molar-refractivity contribution in [3.05, 3.63) is 35.9 Å². The summed E-state index contributed by atoms with van der Waals surface area (Å²) in [5.74, 6) is -0.230. The van der Waals surface area contributed by atoms with Crippen molar-refractivity contribution >= 4 is 17.8 Å². The lowest BCUT2D eigenvalue weighted by Crippen LogP contribution is -2.33. The second kappa shape index (κ2) is 8.31. The van der Waals surface area contributed by atoms with E-state index in [1.165, 1.54) is 15.4 Å². The highest BCUT2D eigenvalue weighted by Gasteiger charge is 2.32. The molecule has 0 unspecified atom stereocenters. The first kappa shape index (κ1) is 17.0. The maximum atomic E-state index is 11.7. The van der Waals surface area contributed by atoms with Crippen LogP contribution in [0.4, 0.5) is 4.79 Å². The van der Waals surface area contributed by atoms with Crippen molar-refractivity contribution < 1.29 is 14.4 Å². The van der Waals surface area contributed by atoms with Gasteiger partial charge < -0.3 is 10.2 Å². The molecule has 1 N–H and O–H groups in total. The third-order valence-electron chi connectivity index (χ3n) is 3.82. The summed E-state index contributed by atoms with van der Waals surface area (Å²) in [5.41, 5.74) is 1.26. The smallest absolute Gasteiger partial charge is 0.326 e. The summed E-state index contributed by atoms with van der Waals surface area (Å²) in [6.07, 6.45) is 2.65. The third kappa shape index (κ3) is 5.09. The van der Waals surface area contributed by atoms with Gasteiger partial charge >= 0.3 is 6.03 Å². The van der Waals surface area contributed by atoms with E-state index >= 15 is 0 Å². The Bertz CT molecular complexity index is 559. The van der Waals surface area contributed by atoms with E-state index in [9.17, 15) is 14.4 Å². The van der Waals surface area contributed by atoms with Crippen LogP contribution >= 0.6 is 0 Å². The first-order valence-corrected chi connectivity index (χ1v) is 7.94. The number of aryl methyl sites for hydroxylation is 1. The van der Waals surface area contributed by atoms with Crippen LogP contribution in [0.25, 0.3) is 0 Å². The van der Waals surface area contributed by atoms with Crippen molar-refractivity contribution in [3.63, 3.8) is 0 Å². The maximum absolute atomic E-state index is 11.7. The number of benzene rings is 1. The van der Waals surface area contributed by atoms with Crippen LogP contribution < -0.4 is 5.32 Å². The Hall–Kier alpha value is -2.37. The van der Waals surface area contributed by atoms with E-state index in [-0.39, 0.29) is 24.4 Å². The van der Waals surface area contributed by atoms with Crippen molar-refractivity contribution in [3.8, 4) is 0 Å². The molecule has 124 valence electrons. The Balaban J connectivity index is 1.57. The summed E-state index contributed by atoms with van der Waals surface area (Å²) < 4.78 is 0. The van der Waals surface area contributed by atoms with E-state index in [1.807, 2.05) is 18.2 Å². The number of urea groups is 1. The highest BCUT2D eigenvalue weighted by atomic mass is 16.2. The topological polar surface area (TPSA) is 69.7 Å². The number of nitrogens with zero attached hydrogens (tertiary/aromatic N) is 2. The van der Waals surface area contributed by atoms with Crippen LogP contribution in [0.2, 0.25) is 0 Å². The minimum absolute atomic E-state index is 0.0366. The van der Waals surface area contributed by atoms with E-state index in [2.05, 4.69) is 17.4 Å². The second-order valence-electron chi connectivity index (χ2n) is 5.73. The number of nitrogens with one attached hydrogen (secondary N) is 1. The molecule has 2 rings (SSSR count). The normalized spacial score (nSPS) is 14.5. The van der Waals surface area contributed by atoms with Gasteiger partial charge in [0.05, 0.1) is 0 Å². The SMILES string of the molecule is CN1CC(=O)N(CCCC(=O)NCCCc2ccccc2)C1=O. The van der Waals surface area contributed by atoms with Crippen molar-refractivity contribution in [1.29, 1.82) is 0 Å². The third-order valence-corrected chi connectivity index (χ3v) is 3.82. The standard InChI is InChI=1S/C17H23N3O3/c1-19-13-16(22)20(17(19)23)12-6-10-15(21)18-11-5-9-14-7-3-2-4-8-14/h2-4,7-8H,5-6,9-13H2,1H3,(H,18,21). The summed E-state index contributed by atoms with van der Waals surface area (Å²) in [6.45, 7) is 1.07. The van der Waals surface area contributed by atoms with Gasteiger partial charge in [-0.2, -0.15) is 0 Å². The molecular weight excluding hydrogens is 294 g/mol. The molecule has 23 heavy (non-hydrogen) atoms. The number of carbonyl (C=O) groups excluding carboxylic acids is 3. The van der Waals surface area contributed by atoms with E-state index in [1.54, 1.807) is 7.05 Å². The van der Waals surface area contributed by atoms with Gasteiger partial charge in [-0.05, 0) is 24.8 Å². The van der Waals surface area contributed by atoms with Gasteiger partial charge in [0.1, 0.15) is 6.54 Å². The summed E-state index contributed by atoms with van der Waals surface area (Å²) in [4.78, 5) is 37.6. The molecule has 0 atom stereocenters. The Morgan fingerprint density at radius 2 is 1.91 bits per heavy atom. The van der Waals surface area contributed by atoms with Crippen molar-refractivity contribution in [2.45, 2.75) is 25.7 Å². The highest BCUT2D eigenvalue weighted by Crippen LogP contribution is 2.09. The molecule has 6 nitrogen and oxygen atoms in total. The minimum Gasteiger partial charge on any atom is -0.356 e. The molecule has 0 saturated carbocycles. The number of carbonyl (C=O) groups is 3. The lowest BCUT2D eigenvalue weighted by atomic mass is 10.1. The van der Waals surface area contributed by atoms with Crippen molar-refractivity contribution in [2.24, 2.45) is 0 Å². The molecule has 0 aromatic heterocycles. The predicted octanol–water partition coefficient (Wildman–Crippen LogP) is 1.41. The van der Waals surface area contributed by atoms with Gasteiger partial charge in [0.25, 0.3) is 0 Å². The summed E-state index contributed by atoms with van der Waals surface area (Å²) >= 11 is 0. The molecular formula is C17H23N3O3. The number of imide groups is 1. The van der Waals surface area contributed by atoms with Crippen molar-refractivity contribution in [1.82, 2.24) is 15.1 Å². The summed E-state index contributed by atoms with van der Waals surface area (Å²) in [7, 11) is 1.60. The second-order valence-corrected chi connectivity index (χ2v) is 5.73. The molecule has 1 aliphatic heterocycles. The number of rotatable bonds is 8. The van der Waals surface area contributed by atoms with Gasteiger partial charge in [0.2, 0.25) is 11.8 Å². The molecule has 1 aromatic carbocycles. The van der Waals surface area contributed by atoms with E-state index in [4.69, 9.17) is 0 Å². The van der Waals surface area contributed by atoms with Crippen molar-refractivity contribution in [2.75, 3.05) is 26.7 Å². The fourth-order valence-electron chi connectivity index (χ4n) is 2.54. The molecule has 1 fully saturated rings. The number of amides is 4. The number of hydrogen-bond donors (Lipinski definition) is 1. The first-order valence-electron chi connectivity index (χ1n) is 7.94. The fraction of sp³-hybridized carbons (Fsp3) is 0.471. The van der Waals surface area contributed by atoms with Gasteiger partial charge in [-0.3, -0.25) is 14.5 Å². The van der Waals surface area contributed by atoms with Gasteiger partial charge in [0, 0.05) is 26.6 Å². The molecule has 1 aromatic rings. The molecule has 0 bridgehead atoms. The van der Waals surface area contributed by atoms with Gasteiger partial charge in [-0.25, -0.2) is 4.79 Å². The monoisotopic (exact) mass is 317 g/mol. The number of hydrogen-bond acceptors (Lipinski definition) is 3. The molecule has 0 spiro atoms. The van der Waals surface area contributed by atoms with Crippen LogP contribution in [0.15, 0.2) is 30.3 Å². The average Bonchev–Trinajstić information content (AvgIpc) is 2.79. The Morgan fingerprint density at radius 3 is 2.57 bits per heavy atom. The molecule has 1 saturated heterocycles. The zero-order valence-corrected chi connectivity index (χ0v) is 13.5. The van der Waals surface area contributed by atoms with Gasteiger partial charge in [-0.1, -0.05) is 30.3 Å². The molecule has 0 radical (unpaired) electrons. The fourth-order valence-corrected chi connectivity index (χ4v) is 2.54. The van der Waals surface area contributed by atoms with E-state index in [0.29, 0.717) is 25.9 Å². The van der Waals surface area contributed by atoms with Crippen LogP contribution in [0.5, 0.6) is 0 Å². The maximum Gasteiger partial charge on any atom is 0.326 e. The molecule has 4 amide bonds. The van der Waals surface area contributed by atoms with E-state index < -0.39 is 0 Å². The summed E-state index contributed by atoms with van der Waals surface area (Å²) in [5, 5.41) is 2.87. The van der Waals surface area contributed by atoms with Crippen LogP contribution in [0.3, 0.4) is 0 Å². The Morgan fingerprint density at radius 1 is 1.17 bits per heavy atom. The van der Waals surface area contributed by atoms with Crippen LogP contribution in [0.1, 0.15) is 24.8 Å². The average molecular weight is 317 g/mol. The highest BCUT2D eigenvalue weighted by molar-refractivity contribution is 6.01. The number of likely N-dealkylation sites (N-methyl/N-ethyl adjacent to an activating group) is 1. The molecule has 1 aliphatic rings. The molecule has 0 aliphatic carbocycles. The zero-order valence-electron chi connectivity index (χ0n) is 13.5. The largest absolute Gasteiger partial charge is 0.356 e. The Kier molecular flexibility index (Phi) is 6.14. The van der Waals surface area contributed by atoms with E-state index in [0.717, 1.165) is 12.8 Å². The van der Waals surface area contributed by atoms with Crippen LogP contribution in [0, 0.1) is 0 Å². The van der Waals surface area contributed by atoms with Crippen LogP contribution in [-0.4, -0.2) is 54.3 Å². The first-order chi connectivity index (χ1) is 11.1. The predicted molar refractivity (Wildman–Crippen MR) is 86.7 cm³/mol. The lowest BCUT2D eigenvalue weighted by Gasteiger charge is -2.13. The van der Waals surface area contributed by atoms with Crippen LogP contribution in [-0.2, 0) is 16.0 Å². The Labute approximate surface area is 136 Å². The zero-order chi connectivity index (χ0) is 16.7.